The van der Waals surface area contributed by atoms with Gasteiger partial charge in [-0.2, -0.15) is 0 Å². The Kier molecular flexibility index (Phi) is 5.19. The number of benzene rings is 2. The van der Waals surface area contributed by atoms with E-state index >= 15 is 0 Å². The number of aromatic amines is 1. The zero-order valence-electron chi connectivity index (χ0n) is 15.8. The van der Waals surface area contributed by atoms with Crippen molar-refractivity contribution in [3.05, 3.63) is 47.7 Å². The van der Waals surface area contributed by atoms with E-state index in [0.717, 1.165) is 5.56 Å². The highest BCUT2D eigenvalue weighted by Gasteiger charge is 2.24. The Hall–Kier alpha value is -3.20. The van der Waals surface area contributed by atoms with Crippen LogP contribution in [0.1, 0.15) is 16.1 Å². The normalized spacial score (nSPS) is 11.3. The molecule has 0 amide bonds. The smallest absolute Gasteiger partial charge is 0.356 e. The van der Waals surface area contributed by atoms with Gasteiger partial charge in [0.05, 0.1) is 31.9 Å². The molecule has 28 heavy (non-hydrogen) atoms. The molecule has 3 rings (SSSR count). The van der Waals surface area contributed by atoms with Gasteiger partial charge in [0.1, 0.15) is 0 Å². The van der Waals surface area contributed by atoms with Crippen LogP contribution in [0.2, 0.25) is 0 Å². The molecule has 2 aromatic carbocycles. The summed E-state index contributed by atoms with van der Waals surface area (Å²) in [5.74, 6) is -0.00776. The summed E-state index contributed by atoms with van der Waals surface area (Å²) in [6.45, 7) is 1.87. The first-order valence-electron chi connectivity index (χ1n) is 8.26. The number of fused-ring (bicyclic) bond motifs is 1. The highest BCUT2D eigenvalue weighted by atomic mass is 32.2. The molecule has 1 heterocycles. The van der Waals surface area contributed by atoms with Gasteiger partial charge in [0.15, 0.2) is 17.2 Å². The highest BCUT2D eigenvalue weighted by molar-refractivity contribution is 7.92. The summed E-state index contributed by atoms with van der Waals surface area (Å²) in [6, 6.07) is 9.64. The summed E-state index contributed by atoms with van der Waals surface area (Å²) in [6.07, 6.45) is 0. The second kappa shape index (κ2) is 7.43. The number of H-pyrrole nitrogens is 1. The first kappa shape index (κ1) is 19.6. The van der Waals surface area contributed by atoms with Crippen molar-refractivity contribution in [1.82, 2.24) is 4.98 Å². The summed E-state index contributed by atoms with van der Waals surface area (Å²) in [4.78, 5) is 15.0. The molecule has 0 aliphatic rings. The molecule has 0 aliphatic carbocycles. The third-order valence-electron chi connectivity index (χ3n) is 4.25. The summed E-state index contributed by atoms with van der Waals surface area (Å²) in [5.41, 5.74) is 1.66. The minimum Gasteiger partial charge on any atom is -0.493 e. The fourth-order valence-corrected chi connectivity index (χ4v) is 3.95. The number of anilines is 1. The number of carbonyl (C=O) groups excluding carboxylic acids is 1. The molecule has 148 valence electrons. The Morgan fingerprint density at radius 1 is 1.00 bits per heavy atom. The molecule has 0 bridgehead atoms. The van der Waals surface area contributed by atoms with Gasteiger partial charge in [-0.25, -0.2) is 13.2 Å². The molecular formula is C19H20N2O6S. The average molecular weight is 404 g/mol. The Bertz CT molecular complexity index is 1150. The van der Waals surface area contributed by atoms with Crippen LogP contribution in [0.15, 0.2) is 41.3 Å². The van der Waals surface area contributed by atoms with Crippen LogP contribution in [0.25, 0.3) is 10.9 Å². The lowest BCUT2D eigenvalue weighted by molar-refractivity contribution is 0.0596. The van der Waals surface area contributed by atoms with E-state index in [0.29, 0.717) is 16.7 Å². The van der Waals surface area contributed by atoms with Gasteiger partial charge in [-0.1, -0.05) is 11.6 Å². The van der Waals surface area contributed by atoms with Crippen LogP contribution < -0.4 is 14.2 Å². The molecule has 2 N–H and O–H groups in total. The SMILES string of the molecule is COC(=O)c1[nH]c2ccc(C)cc2c1NS(=O)(=O)c1ccc(OC)c(OC)c1. The van der Waals surface area contributed by atoms with Gasteiger partial charge in [0.25, 0.3) is 10.0 Å². The van der Waals surface area contributed by atoms with Gasteiger partial charge < -0.3 is 19.2 Å². The fraction of sp³-hybridized carbons (Fsp3) is 0.211. The molecule has 9 heteroatoms. The third-order valence-corrected chi connectivity index (χ3v) is 5.59. The quantitative estimate of drug-likeness (QED) is 0.612. The Labute approximate surface area is 162 Å². The maximum atomic E-state index is 13.0. The Balaban J connectivity index is 2.13. The van der Waals surface area contributed by atoms with Crippen LogP contribution in [-0.2, 0) is 14.8 Å². The molecule has 0 radical (unpaired) electrons. The zero-order valence-corrected chi connectivity index (χ0v) is 16.6. The number of aromatic nitrogens is 1. The molecule has 0 spiro atoms. The second-order valence-electron chi connectivity index (χ2n) is 6.04. The number of nitrogens with one attached hydrogen (secondary N) is 2. The second-order valence-corrected chi connectivity index (χ2v) is 7.72. The van der Waals surface area contributed by atoms with Crippen LogP contribution in [0.5, 0.6) is 11.5 Å². The average Bonchev–Trinajstić information content (AvgIpc) is 3.03. The standard InChI is InChI=1S/C19H20N2O6S/c1-11-5-7-14-13(9-11)17(18(20-14)19(22)27-4)21-28(23,24)12-6-8-15(25-2)16(10-12)26-3/h5-10,20-21H,1-4H3. The van der Waals surface area contributed by atoms with Gasteiger partial charge in [0.2, 0.25) is 0 Å². The Morgan fingerprint density at radius 2 is 1.71 bits per heavy atom. The van der Waals surface area contributed by atoms with Gasteiger partial charge >= 0.3 is 5.97 Å². The highest BCUT2D eigenvalue weighted by Crippen LogP contribution is 2.33. The van der Waals surface area contributed by atoms with Crippen molar-refractivity contribution < 1.29 is 27.4 Å². The van der Waals surface area contributed by atoms with E-state index in [9.17, 15) is 13.2 Å². The summed E-state index contributed by atoms with van der Waals surface area (Å²) in [7, 11) is 0.0809. The zero-order chi connectivity index (χ0) is 20.5. The number of carbonyl (C=O) groups is 1. The number of sulfonamides is 1. The summed E-state index contributed by atoms with van der Waals surface area (Å²) in [5, 5.41) is 0.560. The number of esters is 1. The van der Waals surface area contributed by atoms with E-state index in [2.05, 4.69) is 9.71 Å². The minimum atomic E-state index is -4.02. The lowest BCUT2D eigenvalue weighted by Crippen LogP contribution is -2.16. The van der Waals surface area contributed by atoms with E-state index in [4.69, 9.17) is 14.2 Å². The fourth-order valence-electron chi connectivity index (χ4n) is 2.84. The number of methoxy groups -OCH3 is 3. The molecule has 0 fully saturated rings. The molecule has 0 atom stereocenters. The molecule has 0 aliphatic heterocycles. The van der Waals surface area contributed by atoms with Crippen molar-refractivity contribution in [3.63, 3.8) is 0 Å². The summed E-state index contributed by atoms with van der Waals surface area (Å²) < 4.78 is 43.6. The first-order chi connectivity index (χ1) is 13.3. The van der Waals surface area contributed by atoms with Gasteiger partial charge in [-0.3, -0.25) is 4.72 Å². The van der Waals surface area contributed by atoms with E-state index in [1.807, 2.05) is 13.0 Å². The number of hydrogen-bond donors (Lipinski definition) is 2. The molecule has 8 nitrogen and oxygen atoms in total. The molecule has 1 aromatic heterocycles. The van der Waals surface area contributed by atoms with Crippen molar-refractivity contribution in [2.75, 3.05) is 26.1 Å². The van der Waals surface area contributed by atoms with E-state index in [-0.39, 0.29) is 22.0 Å². The molecule has 0 unspecified atom stereocenters. The van der Waals surface area contributed by atoms with Crippen LogP contribution in [0.4, 0.5) is 5.69 Å². The Morgan fingerprint density at radius 3 is 2.36 bits per heavy atom. The first-order valence-corrected chi connectivity index (χ1v) is 9.74. The largest absolute Gasteiger partial charge is 0.493 e. The predicted octanol–water partition coefficient (Wildman–Crippen LogP) is 3.08. The number of aryl methyl sites for hydroxylation is 1. The molecule has 3 aromatic rings. The minimum absolute atomic E-state index is 0.0205. The lowest BCUT2D eigenvalue weighted by Gasteiger charge is -2.12. The lowest BCUT2D eigenvalue weighted by atomic mass is 10.1. The maximum absolute atomic E-state index is 13.0. The number of hydrogen-bond acceptors (Lipinski definition) is 6. The van der Waals surface area contributed by atoms with E-state index in [1.54, 1.807) is 12.1 Å². The van der Waals surface area contributed by atoms with Crippen molar-refractivity contribution in [2.24, 2.45) is 0 Å². The van der Waals surface area contributed by atoms with E-state index < -0.39 is 16.0 Å². The topological polar surface area (TPSA) is 107 Å². The van der Waals surface area contributed by atoms with E-state index in [1.165, 1.54) is 39.5 Å². The van der Waals surface area contributed by atoms with Gasteiger partial charge in [-0.05, 0) is 31.2 Å². The number of rotatable bonds is 6. The third kappa shape index (κ3) is 3.48. The molecule has 0 saturated carbocycles. The van der Waals surface area contributed by atoms with Crippen LogP contribution in [0.3, 0.4) is 0 Å². The molecule has 0 saturated heterocycles. The van der Waals surface area contributed by atoms with Crippen molar-refractivity contribution in [1.29, 1.82) is 0 Å². The molecular weight excluding hydrogens is 384 g/mol. The van der Waals surface area contributed by atoms with Crippen molar-refractivity contribution in [2.45, 2.75) is 11.8 Å². The van der Waals surface area contributed by atoms with Crippen LogP contribution in [0, 0.1) is 6.92 Å². The predicted molar refractivity (Wildman–Crippen MR) is 105 cm³/mol. The monoisotopic (exact) mass is 404 g/mol. The summed E-state index contributed by atoms with van der Waals surface area (Å²) >= 11 is 0. The van der Waals surface area contributed by atoms with Crippen LogP contribution >= 0.6 is 0 Å². The van der Waals surface area contributed by atoms with Crippen molar-refractivity contribution >= 4 is 32.6 Å². The van der Waals surface area contributed by atoms with Gasteiger partial charge in [-0.15, -0.1) is 0 Å². The number of ether oxygens (including phenoxy) is 3. The van der Waals surface area contributed by atoms with Crippen molar-refractivity contribution in [3.8, 4) is 11.5 Å². The maximum Gasteiger partial charge on any atom is 0.356 e. The van der Waals surface area contributed by atoms with Gasteiger partial charge in [0, 0.05) is 17.0 Å². The van der Waals surface area contributed by atoms with Crippen LogP contribution in [-0.4, -0.2) is 40.7 Å².